The molecule has 1 N–H and O–H groups in total. The van der Waals surface area contributed by atoms with E-state index in [2.05, 4.69) is 25.2 Å². The predicted molar refractivity (Wildman–Crippen MR) is 121 cm³/mol. The Morgan fingerprint density at radius 3 is 2.90 bits per heavy atom. The first-order valence-corrected chi connectivity index (χ1v) is 12.7. The van der Waals surface area contributed by atoms with E-state index in [0.717, 1.165) is 54.0 Å². The third-order valence-electron chi connectivity index (χ3n) is 5.81. The molecular weight excluding hydrogens is 432 g/mol. The van der Waals surface area contributed by atoms with Crippen LogP contribution in [0.2, 0.25) is 0 Å². The highest BCUT2D eigenvalue weighted by atomic mass is 32.2. The number of aromatic nitrogens is 5. The van der Waals surface area contributed by atoms with Crippen molar-refractivity contribution in [3.63, 3.8) is 0 Å². The third kappa shape index (κ3) is 4.70. The molecule has 1 saturated heterocycles. The Morgan fingerprint density at radius 2 is 2.13 bits per heavy atom. The summed E-state index contributed by atoms with van der Waals surface area (Å²) in [6, 6.07) is 6.32. The molecule has 5 rings (SSSR count). The Morgan fingerprint density at radius 1 is 1.23 bits per heavy atom. The second-order valence-corrected chi connectivity index (χ2v) is 9.86. The lowest BCUT2D eigenvalue weighted by Gasteiger charge is -2.15. The molecule has 1 saturated carbocycles. The molecule has 4 heterocycles. The van der Waals surface area contributed by atoms with Crippen molar-refractivity contribution in [2.75, 3.05) is 17.7 Å². The van der Waals surface area contributed by atoms with Gasteiger partial charge in [0.25, 0.3) is 0 Å². The maximum atomic E-state index is 12.7. The monoisotopic (exact) mass is 458 g/mol. The molecule has 8 nitrogen and oxygen atoms in total. The van der Waals surface area contributed by atoms with Crippen molar-refractivity contribution in [3.05, 3.63) is 29.8 Å². The average Bonchev–Trinajstić information content (AvgIpc) is 3.59. The molecule has 0 bridgehead atoms. The Balaban J connectivity index is 1.26. The molecule has 2 aliphatic rings. The van der Waals surface area contributed by atoms with Crippen molar-refractivity contribution >= 4 is 34.8 Å². The van der Waals surface area contributed by atoms with Gasteiger partial charge in [0.05, 0.1) is 35.5 Å². The summed E-state index contributed by atoms with van der Waals surface area (Å²) in [6.45, 7) is 1.51. The van der Waals surface area contributed by atoms with Gasteiger partial charge in [0.15, 0.2) is 11.0 Å². The second-order valence-electron chi connectivity index (χ2n) is 7.97. The zero-order valence-electron chi connectivity index (χ0n) is 17.3. The molecule has 2 fully saturated rings. The number of nitrogens with one attached hydrogen (secondary N) is 1. The lowest BCUT2D eigenvalue weighted by molar-refractivity contribution is -0.113. The van der Waals surface area contributed by atoms with Crippen LogP contribution >= 0.6 is 23.1 Å². The van der Waals surface area contributed by atoms with Gasteiger partial charge in [-0.3, -0.25) is 9.36 Å². The summed E-state index contributed by atoms with van der Waals surface area (Å²) in [6.07, 6.45) is 8.74. The summed E-state index contributed by atoms with van der Waals surface area (Å²) in [4.78, 5) is 13.8. The zero-order valence-corrected chi connectivity index (χ0v) is 18.9. The lowest BCUT2D eigenvalue weighted by Crippen LogP contribution is -2.20. The van der Waals surface area contributed by atoms with Gasteiger partial charge >= 0.3 is 0 Å². The van der Waals surface area contributed by atoms with Crippen molar-refractivity contribution < 1.29 is 9.53 Å². The number of hydrogen-bond donors (Lipinski definition) is 1. The molecule has 1 atom stereocenters. The maximum Gasteiger partial charge on any atom is 0.235 e. The number of nitrogens with zero attached hydrogens (tertiary/aromatic N) is 5. The molecule has 1 unspecified atom stereocenters. The quantitative estimate of drug-likeness (QED) is 0.509. The van der Waals surface area contributed by atoms with Crippen LogP contribution in [0.25, 0.3) is 10.7 Å². The number of rotatable bonds is 8. The normalized spacial score (nSPS) is 19.3. The highest BCUT2D eigenvalue weighted by molar-refractivity contribution is 7.99. The molecule has 3 aromatic heterocycles. The van der Waals surface area contributed by atoms with E-state index < -0.39 is 0 Å². The van der Waals surface area contributed by atoms with Gasteiger partial charge in [0.2, 0.25) is 5.91 Å². The predicted octanol–water partition coefficient (Wildman–Crippen LogP) is 4.23. The van der Waals surface area contributed by atoms with Crippen molar-refractivity contribution in [2.24, 2.45) is 0 Å². The van der Waals surface area contributed by atoms with Crippen LogP contribution in [0.5, 0.6) is 0 Å². The van der Waals surface area contributed by atoms with Crippen LogP contribution in [0.15, 0.2) is 34.9 Å². The summed E-state index contributed by atoms with van der Waals surface area (Å²) in [7, 11) is 0. The maximum absolute atomic E-state index is 12.7. The van der Waals surface area contributed by atoms with Gasteiger partial charge in [0.1, 0.15) is 5.82 Å². The molecule has 0 spiro atoms. The summed E-state index contributed by atoms with van der Waals surface area (Å²) in [5.74, 6) is 1.82. The summed E-state index contributed by atoms with van der Waals surface area (Å²) in [5, 5.41) is 19.1. The molecule has 1 amide bonds. The van der Waals surface area contributed by atoms with Crippen molar-refractivity contribution in [3.8, 4) is 10.7 Å². The smallest absolute Gasteiger partial charge is 0.235 e. The van der Waals surface area contributed by atoms with Crippen LogP contribution in [-0.4, -0.2) is 48.9 Å². The molecule has 0 aromatic carbocycles. The number of carbonyl (C=O) groups is 1. The topological polar surface area (TPSA) is 86.9 Å². The second kappa shape index (κ2) is 9.54. The minimum atomic E-state index is -0.0610. The highest BCUT2D eigenvalue weighted by Crippen LogP contribution is 2.32. The fourth-order valence-corrected chi connectivity index (χ4v) is 5.77. The molecule has 3 aromatic rings. The Labute approximate surface area is 189 Å². The first-order chi connectivity index (χ1) is 15.3. The van der Waals surface area contributed by atoms with Gasteiger partial charge in [-0.15, -0.1) is 21.5 Å². The van der Waals surface area contributed by atoms with Gasteiger partial charge < -0.3 is 10.1 Å². The molecule has 1 aliphatic heterocycles. The minimum absolute atomic E-state index is 0.0610. The van der Waals surface area contributed by atoms with E-state index >= 15 is 0 Å². The highest BCUT2D eigenvalue weighted by Gasteiger charge is 2.23. The van der Waals surface area contributed by atoms with E-state index in [4.69, 9.17) is 4.74 Å². The van der Waals surface area contributed by atoms with Crippen LogP contribution in [0, 0.1) is 0 Å². The summed E-state index contributed by atoms with van der Waals surface area (Å²) < 4.78 is 9.90. The van der Waals surface area contributed by atoms with E-state index in [-0.39, 0.29) is 17.8 Å². The number of thioether (sulfide) groups is 1. The van der Waals surface area contributed by atoms with Gasteiger partial charge in [0, 0.05) is 12.7 Å². The fraction of sp³-hybridized carbons (Fsp3) is 0.524. The average molecular weight is 459 g/mol. The van der Waals surface area contributed by atoms with Gasteiger partial charge in [-0.25, -0.2) is 4.68 Å². The molecule has 164 valence electrons. The molecule has 0 radical (unpaired) electrons. The Hall–Kier alpha value is -2.17. The first kappa shape index (κ1) is 20.7. The van der Waals surface area contributed by atoms with Crippen molar-refractivity contribution in [2.45, 2.75) is 62.4 Å². The Kier molecular flexibility index (Phi) is 6.37. The number of hydrogen-bond acceptors (Lipinski definition) is 7. The number of carbonyl (C=O) groups excluding carboxylic acids is 1. The van der Waals surface area contributed by atoms with Crippen molar-refractivity contribution in [1.82, 2.24) is 24.5 Å². The summed E-state index contributed by atoms with van der Waals surface area (Å²) >= 11 is 3.05. The number of amides is 1. The standard InChI is InChI=1S/C21H26N6O2S2/c28-19(23-18-9-10-22-27(18)15-5-1-2-6-15)14-31-21-25-24-20(17-8-4-12-30-17)26(21)13-16-7-3-11-29-16/h4,8-10,12,15-16H,1-3,5-7,11,13-14H2,(H,23,28). The molecular formula is C21H26N6O2S2. The first-order valence-electron chi connectivity index (χ1n) is 10.8. The van der Waals surface area contributed by atoms with Gasteiger partial charge in [-0.2, -0.15) is 5.10 Å². The largest absolute Gasteiger partial charge is 0.376 e. The number of ether oxygens (including phenoxy) is 1. The minimum Gasteiger partial charge on any atom is -0.376 e. The number of anilines is 1. The Bertz CT molecular complexity index is 1000. The van der Waals surface area contributed by atoms with E-state index in [1.807, 2.05) is 28.3 Å². The van der Waals surface area contributed by atoms with Crippen LogP contribution in [0.1, 0.15) is 44.6 Å². The van der Waals surface area contributed by atoms with Gasteiger partial charge in [-0.1, -0.05) is 30.7 Å². The van der Waals surface area contributed by atoms with Crippen molar-refractivity contribution in [1.29, 1.82) is 0 Å². The van der Waals surface area contributed by atoms with E-state index in [9.17, 15) is 4.79 Å². The zero-order chi connectivity index (χ0) is 21.0. The fourth-order valence-electron chi connectivity index (χ4n) is 4.30. The lowest BCUT2D eigenvalue weighted by atomic mass is 10.2. The van der Waals surface area contributed by atoms with Crippen LogP contribution in [0.4, 0.5) is 5.82 Å². The van der Waals surface area contributed by atoms with E-state index in [0.29, 0.717) is 12.6 Å². The molecule has 31 heavy (non-hydrogen) atoms. The van der Waals surface area contributed by atoms with E-state index in [1.54, 1.807) is 17.5 Å². The summed E-state index contributed by atoms with van der Waals surface area (Å²) in [5.41, 5.74) is 0. The third-order valence-corrected chi connectivity index (χ3v) is 7.64. The van der Waals surface area contributed by atoms with Crippen LogP contribution in [-0.2, 0) is 16.1 Å². The molecule has 1 aliphatic carbocycles. The number of thiophene rings is 1. The van der Waals surface area contributed by atoms with Crippen LogP contribution < -0.4 is 5.32 Å². The van der Waals surface area contributed by atoms with Crippen LogP contribution in [0.3, 0.4) is 0 Å². The van der Waals surface area contributed by atoms with Gasteiger partial charge in [-0.05, 0) is 37.1 Å². The SMILES string of the molecule is O=C(CSc1nnc(-c2cccs2)n1CC1CCCO1)Nc1ccnn1C1CCCC1. The van der Waals surface area contributed by atoms with E-state index in [1.165, 1.54) is 24.6 Å². The molecule has 10 heteroatoms.